The highest BCUT2D eigenvalue weighted by Crippen LogP contribution is 2.12. The number of ether oxygens (including phenoxy) is 1. The largest absolute Gasteiger partial charge is 0.452 e. The number of nitrogens with zero attached hydrogens (tertiary/aromatic N) is 2. The number of rotatable bonds is 7. The van der Waals surface area contributed by atoms with Crippen molar-refractivity contribution >= 4 is 11.9 Å². The van der Waals surface area contributed by atoms with Gasteiger partial charge in [0.15, 0.2) is 6.10 Å². The van der Waals surface area contributed by atoms with Crippen LogP contribution in [0.3, 0.4) is 0 Å². The van der Waals surface area contributed by atoms with Gasteiger partial charge < -0.3 is 10.1 Å². The molecule has 0 bridgehead atoms. The summed E-state index contributed by atoms with van der Waals surface area (Å²) in [6, 6.07) is 11.4. The number of amides is 1. The molecule has 0 aliphatic heterocycles. The molecule has 1 heterocycles. The summed E-state index contributed by atoms with van der Waals surface area (Å²) < 4.78 is 6.99. The predicted octanol–water partition coefficient (Wildman–Crippen LogP) is 2.70. The van der Waals surface area contributed by atoms with Gasteiger partial charge in [0, 0.05) is 5.69 Å². The first-order chi connectivity index (χ1) is 11.9. The second kappa shape index (κ2) is 8.46. The Morgan fingerprint density at radius 1 is 1.20 bits per heavy atom. The standard InChI is InChI=1S/C19H25N3O3/c1-13-12-14(2)22(21-13)11-10-18(23)25-16(4)19(24)20-15(3)17-8-6-5-7-9-17/h5-9,12,15-16H,10-11H2,1-4H3,(H,20,24). The molecule has 0 fully saturated rings. The maximum Gasteiger partial charge on any atom is 0.308 e. The molecule has 2 unspecified atom stereocenters. The van der Waals surface area contributed by atoms with Gasteiger partial charge in [-0.2, -0.15) is 5.10 Å². The maximum atomic E-state index is 12.2. The fraction of sp³-hybridized carbons (Fsp3) is 0.421. The van der Waals surface area contributed by atoms with Crippen LogP contribution in [0.25, 0.3) is 0 Å². The van der Waals surface area contributed by atoms with Crippen LogP contribution in [0.1, 0.15) is 43.3 Å². The van der Waals surface area contributed by atoms with Crippen LogP contribution in [0.2, 0.25) is 0 Å². The van der Waals surface area contributed by atoms with Gasteiger partial charge in [-0.15, -0.1) is 0 Å². The Labute approximate surface area is 148 Å². The number of benzene rings is 1. The Bertz CT molecular complexity index is 725. The Morgan fingerprint density at radius 2 is 1.88 bits per heavy atom. The molecule has 1 aromatic carbocycles. The normalized spacial score (nSPS) is 13.1. The second-order valence-corrected chi connectivity index (χ2v) is 6.17. The molecule has 0 aliphatic carbocycles. The van der Waals surface area contributed by atoms with E-state index in [-0.39, 0.29) is 18.4 Å². The molecule has 2 aromatic rings. The van der Waals surface area contributed by atoms with Crippen molar-refractivity contribution in [3.05, 3.63) is 53.3 Å². The van der Waals surface area contributed by atoms with Crippen LogP contribution >= 0.6 is 0 Å². The molecule has 0 radical (unpaired) electrons. The fourth-order valence-corrected chi connectivity index (χ4v) is 2.56. The molecule has 1 aromatic heterocycles. The van der Waals surface area contributed by atoms with E-state index in [1.54, 1.807) is 11.6 Å². The molecule has 134 valence electrons. The van der Waals surface area contributed by atoms with Gasteiger partial charge in [-0.3, -0.25) is 14.3 Å². The summed E-state index contributed by atoms with van der Waals surface area (Å²) in [5, 5.41) is 7.15. The third-order valence-corrected chi connectivity index (χ3v) is 3.97. The van der Waals surface area contributed by atoms with Crippen molar-refractivity contribution in [3.63, 3.8) is 0 Å². The summed E-state index contributed by atoms with van der Waals surface area (Å²) in [4.78, 5) is 24.1. The van der Waals surface area contributed by atoms with Crippen molar-refractivity contribution in [1.82, 2.24) is 15.1 Å². The maximum absolute atomic E-state index is 12.2. The van der Waals surface area contributed by atoms with Crippen molar-refractivity contribution in [2.24, 2.45) is 0 Å². The van der Waals surface area contributed by atoms with E-state index in [4.69, 9.17) is 4.74 Å². The Balaban J connectivity index is 1.79. The molecule has 6 nitrogen and oxygen atoms in total. The summed E-state index contributed by atoms with van der Waals surface area (Å²) in [5.41, 5.74) is 2.90. The minimum atomic E-state index is -0.834. The van der Waals surface area contributed by atoms with Gasteiger partial charge >= 0.3 is 5.97 Å². The molecule has 0 saturated carbocycles. The highest BCUT2D eigenvalue weighted by atomic mass is 16.5. The zero-order valence-corrected chi connectivity index (χ0v) is 15.2. The van der Waals surface area contributed by atoms with E-state index in [1.165, 1.54) is 0 Å². The second-order valence-electron chi connectivity index (χ2n) is 6.17. The molecule has 2 rings (SSSR count). The Kier molecular flexibility index (Phi) is 6.33. The Morgan fingerprint density at radius 3 is 2.48 bits per heavy atom. The van der Waals surface area contributed by atoms with Gasteiger partial charge in [0.25, 0.3) is 5.91 Å². The van der Waals surface area contributed by atoms with E-state index in [2.05, 4.69) is 10.4 Å². The van der Waals surface area contributed by atoms with Crippen molar-refractivity contribution < 1.29 is 14.3 Å². The van der Waals surface area contributed by atoms with Gasteiger partial charge in [0.05, 0.1) is 24.7 Å². The van der Waals surface area contributed by atoms with Crippen LogP contribution in [0.5, 0.6) is 0 Å². The summed E-state index contributed by atoms with van der Waals surface area (Å²) >= 11 is 0. The first-order valence-corrected chi connectivity index (χ1v) is 8.42. The topological polar surface area (TPSA) is 73.2 Å². The highest BCUT2D eigenvalue weighted by Gasteiger charge is 2.20. The van der Waals surface area contributed by atoms with E-state index < -0.39 is 12.1 Å². The van der Waals surface area contributed by atoms with Gasteiger partial charge in [-0.25, -0.2) is 0 Å². The number of nitrogens with one attached hydrogen (secondary N) is 1. The van der Waals surface area contributed by atoms with E-state index in [0.717, 1.165) is 17.0 Å². The minimum Gasteiger partial charge on any atom is -0.452 e. The minimum absolute atomic E-state index is 0.149. The molecule has 6 heteroatoms. The number of aryl methyl sites for hydroxylation is 3. The first-order valence-electron chi connectivity index (χ1n) is 8.42. The van der Waals surface area contributed by atoms with Gasteiger partial charge in [0.2, 0.25) is 0 Å². The lowest BCUT2D eigenvalue weighted by molar-refractivity contribution is -0.155. The van der Waals surface area contributed by atoms with E-state index in [0.29, 0.717) is 6.54 Å². The zero-order chi connectivity index (χ0) is 18.4. The monoisotopic (exact) mass is 343 g/mol. The predicted molar refractivity (Wildman–Crippen MR) is 94.9 cm³/mol. The molecule has 0 saturated heterocycles. The molecule has 0 aliphatic rings. The summed E-state index contributed by atoms with van der Waals surface area (Å²) in [7, 11) is 0. The van der Waals surface area contributed by atoms with E-state index in [1.807, 2.05) is 57.2 Å². The van der Waals surface area contributed by atoms with Gasteiger partial charge in [-0.1, -0.05) is 30.3 Å². The van der Waals surface area contributed by atoms with Crippen LogP contribution < -0.4 is 5.32 Å². The number of hydrogen-bond donors (Lipinski definition) is 1. The molecular formula is C19H25N3O3. The number of carbonyl (C=O) groups excluding carboxylic acids is 2. The molecule has 25 heavy (non-hydrogen) atoms. The van der Waals surface area contributed by atoms with Crippen LogP contribution in [-0.4, -0.2) is 27.8 Å². The summed E-state index contributed by atoms with van der Waals surface area (Å²) in [5.74, 6) is -0.724. The van der Waals surface area contributed by atoms with E-state index in [9.17, 15) is 9.59 Å². The Hall–Kier alpha value is -2.63. The van der Waals surface area contributed by atoms with Crippen molar-refractivity contribution in [3.8, 4) is 0 Å². The van der Waals surface area contributed by atoms with Crippen LogP contribution in [0, 0.1) is 13.8 Å². The fourth-order valence-electron chi connectivity index (χ4n) is 2.56. The average molecular weight is 343 g/mol. The SMILES string of the molecule is Cc1cc(C)n(CCC(=O)OC(C)C(=O)NC(C)c2ccccc2)n1. The smallest absolute Gasteiger partial charge is 0.308 e. The van der Waals surface area contributed by atoms with Crippen LogP contribution in [0.4, 0.5) is 0 Å². The molecule has 1 N–H and O–H groups in total. The molecule has 1 amide bonds. The zero-order valence-electron chi connectivity index (χ0n) is 15.2. The third-order valence-electron chi connectivity index (χ3n) is 3.97. The lowest BCUT2D eigenvalue weighted by atomic mass is 10.1. The number of aromatic nitrogens is 2. The lowest BCUT2D eigenvalue weighted by Gasteiger charge is -2.18. The van der Waals surface area contributed by atoms with Crippen LogP contribution in [-0.2, 0) is 20.9 Å². The van der Waals surface area contributed by atoms with Crippen molar-refractivity contribution in [2.75, 3.05) is 0 Å². The van der Waals surface area contributed by atoms with Crippen LogP contribution in [0.15, 0.2) is 36.4 Å². The molecular weight excluding hydrogens is 318 g/mol. The lowest BCUT2D eigenvalue weighted by Crippen LogP contribution is -2.37. The quantitative estimate of drug-likeness (QED) is 0.785. The molecule has 2 atom stereocenters. The average Bonchev–Trinajstić information content (AvgIpc) is 2.91. The van der Waals surface area contributed by atoms with Crippen molar-refractivity contribution in [2.45, 2.75) is 52.8 Å². The number of hydrogen-bond acceptors (Lipinski definition) is 4. The summed E-state index contributed by atoms with van der Waals surface area (Å²) in [6.45, 7) is 7.75. The number of esters is 1. The third kappa shape index (κ3) is 5.45. The highest BCUT2D eigenvalue weighted by molar-refractivity contribution is 5.83. The van der Waals surface area contributed by atoms with Gasteiger partial charge in [0.1, 0.15) is 0 Å². The van der Waals surface area contributed by atoms with Gasteiger partial charge in [-0.05, 0) is 39.3 Å². The van der Waals surface area contributed by atoms with E-state index >= 15 is 0 Å². The van der Waals surface area contributed by atoms with Crippen molar-refractivity contribution in [1.29, 1.82) is 0 Å². The summed E-state index contributed by atoms with van der Waals surface area (Å²) in [6.07, 6.45) is -0.660. The number of carbonyl (C=O) groups is 2. The first kappa shape index (κ1) is 18.7. The molecule has 0 spiro atoms.